The Bertz CT molecular complexity index is 811. The van der Waals surface area contributed by atoms with E-state index in [-0.39, 0.29) is 55.3 Å². The van der Waals surface area contributed by atoms with Crippen molar-refractivity contribution in [3.05, 3.63) is 35.9 Å². The maximum atomic E-state index is 12.9. The van der Waals surface area contributed by atoms with E-state index in [1.54, 1.807) is 24.3 Å². The number of Topliss-reactive ketones (excluding diaryl/α,β-unsaturated/α-hetero) is 2. The average Bonchev–Trinajstić information content (AvgIpc) is 2.75. The summed E-state index contributed by atoms with van der Waals surface area (Å²) in [4.78, 5) is 48.8. The van der Waals surface area contributed by atoms with Crippen molar-refractivity contribution in [2.75, 3.05) is 13.2 Å². The molecule has 0 radical (unpaired) electrons. The fourth-order valence-electron chi connectivity index (χ4n) is 6.21. The number of ether oxygens (including phenoxy) is 1. The third-order valence-electron chi connectivity index (χ3n) is 7.32. The molecule has 0 saturated heterocycles. The highest BCUT2D eigenvalue weighted by Crippen LogP contribution is 2.60. The van der Waals surface area contributed by atoms with Gasteiger partial charge < -0.3 is 10.1 Å². The fraction of sp³-hybridized carbons (Fsp3) is 0.600. The maximum absolute atomic E-state index is 12.9. The molecule has 4 bridgehead atoms. The van der Waals surface area contributed by atoms with Gasteiger partial charge in [0.05, 0.1) is 6.42 Å². The van der Waals surface area contributed by atoms with Crippen molar-refractivity contribution < 1.29 is 23.9 Å². The Morgan fingerprint density at radius 2 is 1.48 bits per heavy atom. The Hall–Kier alpha value is -2.50. The van der Waals surface area contributed by atoms with Gasteiger partial charge in [-0.2, -0.15) is 0 Å². The molecule has 0 spiro atoms. The second-order valence-corrected chi connectivity index (χ2v) is 9.67. The molecule has 1 aromatic carbocycles. The molecule has 1 amide bonds. The van der Waals surface area contributed by atoms with Crippen LogP contribution in [0.1, 0.15) is 68.1 Å². The van der Waals surface area contributed by atoms with Gasteiger partial charge in [0.25, 0.3) is 0 Å². The summed E-state index contributed by atoms with van der Waals surface area (Å²) in [7, 11) is 0. The van der Waals surface area contributed by atoms with Gasteiger partial charge in [-0.05, 0) is 56.3 Å². The summed E-state index contributed by atoms with van der Waals surface area (Å²) in [6.45, 7) is -0.00668. The topological polar surface area (TPSA) is 89.5 Å². The van der Waals surface area contributed by atoms with E-state index in [4.69, 9.17) is 4.74 Å². The van der Waals surface area contributed by atoms with E-state index < -0.39 is 5.97 Å². The second kappa shape index (κ2) is 9.33. The van der Waals surface area contributed by atoms with Crippen LogP contribution in [0.5, 0.6) is 0 Å². The zero-order valence-corrected chi connectivity index (χ0v) is 17.9. The zero-order valence-electron chi connectivity index (χ0n) is 17.9. The summed E-state index contributed by atoms with van der Waals surface area (Å²) in [5.74, 6) is 1.28. The third kappa shape index (κ3) is 5.23. The first kappa shape index (κ1) is 21.7. The number of benzene rings is 1. The minimum Gasteiger partial charge on any atom is -0.458 e. The number of carbonyl (C=O) groups is 4. The van der Waals surface area contributed by atoms with Crippen LogP contribution in [0.3, 0.4) is 0 Å². The molecule has 0 aromatic heterocycles. The molecule has 0 aliphatic heterocycles. The number of nitrogens with one attached hydrogen (secondary N) is 1. The highest BCUT2D eigenvalue weighted by molar-refractivity contribution is 5.97. The van der Waals surface area contributed by atoms with Crippen molar-refractivity contribution in [3.8, 4) is 0 Å². The van der Waals surface area contributed by atoms with Crippen LogP contribution in [0.15, 0.2) is 30.3 Å². The molecule has 0 heterocycles. The van der Waals surface area contributed by atoms with Gasteiger partial charge in [0.1, 0.15) is 0 Å². The van der Waals surface area contributed by atoms with Crippen LogP contribution >= 0.6 is 0 Å². The Kier molecular flexibility index (Phi) is 6.54. The van der Waals surface area contributed by atoms with E-state index in [1.165, 1.54) is 19.3 Å². The standard InChI is InChI=1S/C25H31NO5/c27-21(20-4-2-1-3-5-20)6-7-23(29)26-9-8-24(30)31-16-22(28)25-13-17-10-18(14-25)12-19(11-17)15-25/h1-5,17-19H,6-16H2,(H,26,29). The largest absolute Gasteiger partial charge is 0.458 e. The van der Waals surface area contributed by atoms with Crippen molar-refractivity contribution in [3.63, 3.8) is 0 Å². The number of esters is 1. The second-order valence-electron chi connectivity index (χ2n) is 9.67. The maximum Gasteiger partial charge on any atom is 0.308 e. The monoisotopic (exact) mass is 425 g/mol. The van der Waals surface area contributed by atoms with Crippen LogP contribution in [-0.4, -0.2) is 36.6 Å². The van der Waals surface area contributed by atoms with E-state index in [1.807, 2.05) is 6.07 Å². The number of carbonyl (C=O) groups excluding carboxylic acids is 4. The Labute approximate surface area is 183 Å². The quantitative estimate of drug-likeness (QED) is 0.458. The van der Waals surface area contributed by atoms with Gasteiger partial charge in [-0.25, -0.2) is 0 Å². The average molecular weight is 426 g/mol. The molecule has 31 heavy (non-hydrogen) atoms. The van der Waals surface area contributed by atoms with Gasteiger partial charge in [-0.15, -0.1) is 0 Å². The molecule has 4 aliphatic carbocycles. The summed E-state index contributed by atoms with van der Waals surface area (Å²) in [6.07, 6.45) is 6.92. The van der Waals surface area contributed by atoms with Crippen LogP contribution in [-0.2, 0) is 19.1 Å². The van der Waals surface area contributed by atoms with Gasteiger partial charge in [-0.1, -0.05) is 30.3 Å². The number of ketones is 2. The van der Waals surface area contributed by atoms with Gasteiger partial charge in [0.15, 0.2) is 18.2 Å². The van der Waals surface area contributed by atoms with Crippen LogP contribution in [0.4, 0.5) is 0 Å². The van der Waals surface area contributed by atoms with E-state index in [0.29, 0.717) is 23.3 Å². The number of hydrogen-bond acceptors (Lipinski definition) is 5. The molecular weight excluding hydrogens is 394 g/mol. The summed E-state index contributed by atoms with van der Waals surface area (Å²) in [6, 6.07) is 8.85. The smallest absolute Gasteiger partial charge is 0.308 e. The minimum atomic E-state index is -0.473. The van der Waals surface area contributed by atoms with Crippen LogP contribution in [0.25, 0.3) is 0 Å². The van der Waals surface area contributed by atoms with Crippen molar-refractivity contribution in [1.82, 2.24) is 5.32 Å². The Balaban J connectivity index is 1.12. The summed E-state index contributed by atoms with van der Waals surface area (Å²) >= 11 is 0. The summed E-state index contributed by atoms with van der Waals surface area (Å²) < 4.78 is 5.24. The van der Waals surface area contributed by atoms with Crippen molar-refractivity contribution in [2.45, 2.75) is 57.8 Å². The van der Waals surface area contributed by atoms with Gasteiger partial charge >= 0.3 is 5.97 Å². The first-order valence-electron chi connectivity index (χ1n) is 11.5. The fourth-order valence-corrected chi connectivity index (χ4v) is 6.21. The lowest BCUT2D eigenvalue weighted by Gasteiger charge is -2.55. The first-order valence-corrected chi connectivity index (χ1v) is 11.5. The molecule has 166 valence electrons. The summed E-state index contributed by atoms with van der Waals surface area (Å²) in [5, 5.41) is 2.64. The molecule has 5 rings (SSSR count). The SMILES string of the molecule is O=C(CCC(=O)c1ccccc1)NCCC(=O)OCC(=O)C12CC3CC(CC(C3)C1)C2. The molecule has 4 fully saturated rings. The molecule has 6 nitrogen and oxygen atoms in total. The van der Waals surface area contributed by atoms with Gasteiger partial charge in [0.2, 0.25) is 5.91 Å². The molecule has 4 aliphatic rings. The molecule has 0 atom stereocenters. The van der Waals surface area contributed by atoms with Crippen LogP contribution in [0.2, 0.25) is 0 Å². The lowest BCUT2D eigenvalue weighted by molar-refractivity contribution is -0.157. The Morgan fingerprint density at radius 3 is 2.10 bits per heavy atom. The van der Waals surface area contributed by atoms with E-state index >= 15 is 0 Å². The van der Waals surface area contributed by atoms with Gasteiger partial charge in [-0.3, -0.25) is 19.2 Å². The molecule has 1 aromatic rings. The predicted molar refractivity (Wildman–Crippen MR) is 114 cm³/mol. The third-order valence-corrected chi connectivity index (χ3v) is 7.32. The molecule has 0 unspecified atom stereocenters. The van der Waals surface area contributed by atoms with E-state index in [0.717, 1.165) is 19.3 Å². The van der Waals surface area contributed by atoms with E-state index in [9.17, 15) is 19.2 Å². The van der Waals surface area contributed by atoms with Crippen molar-refractivity contribution in [2.24, 2.45) is 23.2 Å². The summed E-state index contributed by atoms with van der Waals surface area (Å²) in [5.41, 5.74) is 0.330. The first-order chi connectivity index (χ1) is 14.9. The van der Waals surface area contributed by atoms with Crippen LogP contribution in [0, 0.1) is 23.2 Å². The van der Waals surface area contributed by atoms with Crippen LogP contribution < -0.4 is 5.32 Å². The number of amides is 1. The molecular formula is C25H31NO5. The minimum absolute atomic E-state index is 0.0204. The van der Waals surface area contributed by atoms with Crippen molar-refractivity contribution >= 4 is 23.4 Å². The highest BCUT2D eigenvalue weighted by atomic mass is 16.5. The van der Waals surface area contributed by atoms with E-state index in [2.05, 4.69) is 5.32 Å². The molecule has 6 heteroatoms. The normalized spacial score (nSPS) is 28.2. The highest BCUT2D eigenvalue weighted by Gasteiger charge is 2.54. The predicted octanol–water partition coefficient (Wildman–Crippen LogP) is 3.48. The molecule has 1 N–H and O–H groups in total. The molecule has 4 saturated carbocycles. The lowest BCUT2D eigenvalue weighted by atomic mass is 9.48. The number of hydrogen-bond donors (Lipinski definition) is 1. The lowest BCUT2D eigenvalue weighted by Crippen LogP contribution is -2.51. The zero-order chi connectivity index (χ0) is 21.8. The Morgan fingerprint density at radius 1 is 0.871 bits per heavy atom. The van der Waals surface area contributed by atoms with Crippen molar-refractivity contribution in [1.29, 1.82) is 0 Å². The van der Waals surface area contributed by atoms with Gasteiger partial charge in [0, 0.05) is 30.4 Å². The number of rotatable bonds is 10.